The maximum Gasteiger partial charge on any atom is 0.253 e. The van der Waals surface area contributed by atoms with Crippen LogP contribution in [0.15, 0.2) is 42.6 Å². The summed E-state index contributed by atoms with van der Waals surface area (Å²) in [6, 6.07) is 9.28. The fourth-order valence-electron chi connectivity index (χ4n) is 2.69. The Morgan fingerprint density at radius 2 is 1.65 bits per heavy atom. The summed E-state index contributed by atoms with van der Waals surface area (Å²) in [5, 5.41) is 0. The van der Waals surface area contributed by atoms with Crippen molar-refractivity contribution in [1.29, 1.82) is 0 Å². The average Bonchev–Trinajstić information content (AvgIpc) is 3.08. The lowest BCUT2D eigenvalue weighted by atomic mass is 10.1. The molecule has 0 aliphatic carbocycles. The molecule has 5 nitrogen and oxygen atoms in total. The number of aromatic amines is 1. The van der Waals surface area contributed by atoms with Gasteiger partial charge in [0, 0.05) is 43.6 Å². The lowest BCUT2D eigenvalue weighted by Crippen LogP contribution is -2.51. The van der Waals surface area contributed by atoms with Crippen molar-refractivity contribution in [3.63, 3.8) is 0 Å². The Morgan fingerprint density at radius 1 is 1.00 bits per heavy atom. The Labute approximate surface area is 133 Å². The maximum atomic E-state index is 12.9. The van der Waals surface area contributed by atoms with Gasteiger partial charge in [0.15, 0.2) is 0 Å². The molecule has 1 N–H and O–H groups in total. The first kappa shape index (κ1) is 15.3. The van der Waals surface area contributed by atoms with Crippen molar-refractivity contribution in [2.24, 2.45) is 0 Å². The van der Waals surface area contributed by atoms with Gasteiger partial charge in [0.05, 0.1) is 6.42 Å². The molecule has 1 aromatic carbocycles. The zero-order valence-electron chi connectivity index (χ0n) is 12.7. The van der Waals surface area contributed by atoms with E-state index < -0.39 is 0 Å². The number of nitrogens with one attached hydrogen (secondary N) is 1. The van der Waals surface area contributed by atoms with Gasteiger partial charge in [-0.1, -0.05) is 0 Å². The lowest BCUT2D eigenvalue weighted by Gasteiger charge is -2.34. The highest BCUT2D eigenvalue weighted by molar-refractivity contribution is 5.94. The second-order valence-electron chi connectivity index (χ2n) is 5.55. The second-order valence-corrected chi connectivity index (χ2v) is 5.55. The highest BCUT2D eigenvalue weighted by Crippen LogP contribution is 2.11. The van der Waals surface area contributed by atoms with Gasteiger partial charge < -0.3 is 14.8 Å². The van der Waals surface area contributed by atoms with Gasteiger partial charge in [-0.05, 0) is 36.4 Å². The first-order valence-electron chi connectivity index (χ1n) is 7.58. The Balaban J connectivity index is 1.54. The van der Waals surface area contributed by atoms with E-state index in [1.807, 2.05) is 12.1 Å². The molecule has 6 heteroatoms. The van der Waals surface area contributed by atoms with Crippen LogP contribution in [0.3, 0.4) is 0 Å². The van der Waals surface area contributed by atoms with E-state index in [0.29, 0.717) is 38.2 Å². The normalized spacial score (nSPS) is 14.8. The standard InChI is InChI=1S/C17H18FN3O2/c18-14-5-3-13(4-6-14)17(23)21-10-8-20(9-11-21)16(22)12-15-2-1-7-19-15/h1-7,19H,8-12H2. The zero-order chi connectivity index (χ0) is 16.2. The number of amides is 2. The van der Waals surface area contributed by atoms with Gasteiger partial charge >= 0.3 is 0 Å². The number of rotatable bonds is 3. The molecule has 1 saturated heterocycles. The summed E-state index contributed by atoms with van der Waals surface area (Å²) >= 11 is 0. The molecule has 120 valence electrons. The van der Waals surface area contributed by atoms with Gasteiger partial charge in [-0.3, -0.25) is 9.59 Å². The summed E-state index contributed by atoms with van der Waals surface area (Å²) < 4.78 is 12.9. The minimum Gasteiger partial charge on any atom is -0.365 e. The van der Waals surface area contributed by atoms with Gasteiger partial charge in [0.1, 0.15) is 5.82 Å². The predicted octanol–water partition coefficient (Wildman–Crippen LogP) is 1.68. The molecule has 0 saturated carbocycles. The summed E-state index contributed by atoms with van der Waals surface area (Å²) in [7, 11) is 0. The van der Waals surface area contributed by atoms with Crippen molar-refractivity contribution in [1.82, 2.24) is 14.8 Å². The van der Waals surface area contributed by atoms with Crippen LogP contribution in [0, 0.1) is 5.82 Å². The van der Waals surface area contributed by atoms with E-state index in [2.05, 4.69) is 4.98 Å². The molecule has 1 aliphatic heterocycles. The van der Waals surface area contributed by atoms with E-state index in [4.69, 9.17) is 0 Å². The average molecular weight is 315 g/mol. The van der Waals surface area contributed by atoms with Crippen LogP contribution in [0.5, 0.6) is 0 Å². The van der Waals surface area contributed by atoms with Crippen molar-refractivity contribution >= 4 is 11.8 Å². The van der Waals surface area contributed by atoms with Crippen LogP contribution in [0.4, 0.5) is 4.39 Å². The number of nitrogens with zero attached hydrogens (tertiary/aromatic N) is 2. The fourth-order valence-corrected chi connectivity index (χ4v) is 2.69. The number of piperazine rings is 1. The molecule has 0 radical (unpaired) electrons. The lowest BCUT2D eigenvalue weighted by molar-refractivity contribution is -0.132. The Kier molecular flexibility index (Phi) is 4.41. The number of aromatic nitrogens is 1. The molecule has 0 spiro atoms. The third-order valence-corrected chi connectivity index (χ3v) is 4.01. The number of hydrogen-bond acceptors (Lipinski definition) is 2. The molecule has 2 amide bonds. The molecule has 0 unspecified atom stereocenters. The van der Waals surface area contributed by atoms with Gasteiger partial charge in [0.2, 0.25) is 5.91 Å². The summed E-state index contributed by atoms with van der Waals surface area (Å²) in [6.45, 7) is 2.03. The molecule has 2 aromatic rings. The first-order chi connectivity index (χ1) is 11.1. The summed E-state index contributed by atoms with van der Waals surface area (Å²) in [5.74, 6) is -0.427. The van der Waals surface area contributed by atoms with Gasteiger partial charge in [0.25, 0.3) is 5.91 Å². The monoisotopic (exact) mass is 315 g/mol. The van der Waals surface area contributed by atoms with Crippen LogP contribution < -0.4 is 0 Å². The van der Waals surface area contributed by atoms with Crippen LogP contribution in [-0.2, 0) is 11.2 Å². The molecular formula is C17H18FN3O2. The Morgan fingerprint density at radius 3 is 2.26 bits per heavy atom. The van der Waals surface area contributed by atoms with Crippen LogP contribution in [0.2, 0.25) is 0 Å². The van der Waals surface area contributed by atoms with Gasteiger partial charge in [-0.15, -0.1) is 0 Å². The molecule has 3 rings (SSSR count). The number of benzene rings is 1. The SMILES string of the molecule is O=C(Cc1ccc[nH]1)N1CCN(C(=O)c2ccc(F)cc2)CC1. The highest BCUT2D eigenvalue weighted by atomic mass is 19.1. The molecule has 1 fully saturated rings. The second kappa shape index (κ2) is 6.64. The summed E-state index contributed by atoms with van der Waals surface area (Å²) in [5.41, 5.74) is 1.36. The van der Waals surface area contributed by atoms with Gasteiger partial charge in [-0.25, -0.2) is 4.39 Å². The third-order valence-electron chi connectivity index (χ3n) is 4.01. The van der Waals surface area contributed by atoms with Crippen molar-refractivity contribution in [2.75, 3.05) is 26.2 Å². The third kappa shape index (κ3) is 3.59. The van der Waals surface area contributed by atoms with E-state index in [1.54, 1.807) is 16.0 Å². The first-order valence-corrected chi connectivity index (χ1v) is 7.58. The van der Waals surface area contributed by atoms with Crippen molar-refractivity contribution in [3.05, 3.63) is 59.7 Å². The fraction of sp³-hybridized carbons (Fsp3) is 0.294. The van der Waals surface area contributed by atoms with Gasteiger partial charge in [-0.2, -0.15) is 0 Å². The van der Waals surface area contributed by atoms with Crippen molar-refractivity contribution < 1.29 is 14.0 Å². The topological polar surface area (TPSA) is 56.4 Å². The van der Waals surface area contributed by atoms with E-state index in [0.717, 1.165) is 5.69 Å². The smallest absolute Gasteiger partial charge is 0.253 e. The zero-order valence-corrected chi connectivity index (χ0v) is 12.7. The molecule has 23 heavy (non-hydrogen) atoms. The molecule has 1 aliphatic rings. The van der Waals surface area contributed by atoms with Crippen molar-refractivity contribution in [3.8, 4) is 0 Å². The quantitative estimate of drug-likeness (QED) is 0.937. The Hall–Kier alpha value is -2.63. The minimum absolute atomic E-state index is 0.0568. The maximum absolute atomic E-state index is 12.9. The van der Waals surface area contributed by atoms with E-state index in [1.165, 1.54) is 24.3 Å². The number of halogens is 1. The van der Waals surface area contributed by atoms with E-state index in [-0.39, 0.29) is 17.6 Å². The van der Waals surface area contributed by atoms with Crippen LogP contribution in [0.25, 0.3) is 0 Å². The van der Waals surface area contributed by atoms with Crippen LogP contribution in [-0.4, -0.2) is 52.8 Å². The van der Waals surface area contributed by atoms with Crippen LogP contribution >= 0.6 is 0 Å². The summed E-state index contributed by atoms with van der Waals surface area (Å²) in [4.78, 5) is 31.0. The molecule has 0 atom stereocenters. The number of carbonyl (C=O) groups is 2. The van der Waals surface area contributed by atoms with E-state index in [9.17, 15) is 14.0 Å². The molecule has 0 bridgehead atoms. The molecular weight excluding hydrogens is 297 g/mol. The predicted molar refractivity (Wildman–Crippen MR) is 83.4 cm³/mol. The van der Waals surface area contributed by atoms with E-state index >= 15 is 0 Å². The number of carbonyl (C=O) groups excluding carboxylic acids is 2. The summed E-state index contributed by atoms with van der Waals surface area (Å²) in [6.07, 6.45) is 2.14. The molecule has 1 aromatic heterocycles. The largest absolute Gasteiger partial charge is 0.365 e. The molecule has 2 heterocycles. The van der Waals surface area contributed by atoms with Crippen molar-refractivity contribution in [2.45, 2.75) is 6.42 Å². The highest BCUT2D eigenvalue weighted by Gasteiger charge is 2.24. The van der Waals surface area contributed by atoms with Crippen LogP contribution in [0.1, 0.15) is 16.1 Å². The minimum atomic E-state index is -0.360. The number of hydrogen-bond donors (Lipinski definition) is 1. The number of H-pyrrole nitrogens is 1. The Bertz CT molecular complexity index is 674.